The van der Waals surface area contributed by atoms with Crippen LogP contribution in [-0.2, 0) is 4.79 Å². The third kappa shape index (κ3) is 3.10. The van der Waals surface area contributed by atoms with E-state index < -0.39 is 22.3 Å². The molecule has 0 atom stereocenters. The van der Waals surface area contributed by atoms with Crippen LogP contribution < -0.4 is 19.5 Å². The molecule has 27 heavy (non-hydrogen) atoms. The van der Waals surface area contributed by atoms with Crippen molar-refractivity contribution in [3.8, 4) is 23.0 Å². The monoisotopic (exact) mass is 372 g/mol. The van der Waals surface area contributed by atoms with E-state index >= 15 is 0 Å². The zero-order valence-corrected chi connectivity index (χ0v) is 14.7. The third-order valence-corrected chi connectivity index (χ3v) is 4.13. The summed E-state index contributed by atoms with van der Waals surface area (Å²) in [4.78, 5) is 22.8. The van der Waals surface area contributed by atoms with Crippen LogP contribution in [0.2, 0.25) is 0 Å². The molecule has 0 aromatic heterocycles. The molecule has 0 saturated carbocycles. The van der Waals surface area contributed by atoms with E-state index in [1.165, 1.54) is 33.5 Å². The van der Waals surface area contributed by atoms with Gasteiger partial charge in [-0.15, -0.1) is 0 Å². The molecule has 9 heteroatoms. The maximum atomic E-state index is 12.4. The van der Waals surface area contributed by atoms with Crippen molar-refractivity contribution in [3.05, 3.63) is 45.5 Å². The Kier molecular flexibility index (Phi) is 4.59. The number of phenols is 1. The lowest BCUT2D eigenvalue weighted by molar-refractivity contribution is -0.385. The zero-order chi connectivity index (χ0) is 19.7. The van der Waals surface area contributed by atoms with Gasteiger partial charge in [0.25, 0.3) is 5.91 Å². The highest BCUT2D eigenvalue weighted by Gasteiger charge is 2.28. The van der Waals surface area contributed by atoms with Crippen molar-refractivity contribution in [3.63, 3.8) is 0 Å². The number of amides is 1. The lowest BCUT2D eigenvalue weighted by Crippen LogP contribution is -2.03. The Balaban J connectivity index is 2.19. The summed E-state index contributed by atoms with van der Waals surface area (Å²) < 4.78 is 15.5. The predicted octanol–water partition coefficient (Wildman–Crippen LogP) is 2.82. The van der Waals surface area contributed by atoms with Crippen LogP contribution >= 0.6 is 0 Å². The summed E-state index contributed by atoms with van der Waals surface area (Å²) in [6.07, 6.45) is 1.36. The number of carbonyl (C=O) groups excluding carboxylic acids is 1. The van der Waals surface area contributed by atoms with Gasteiger partial charge in [0.05, 0.1) is 38.0 Å². The number of nitro groups is 1. The highest BCUT2D eigenvalue weighted by molar-refractivity contribution is 6.35. The molecule has 140 valence electrons. The molecule has 0 bridgehead atoms. The van der Waals surface area contributed by atoms with Gasteiger partial charge < -0.3 is 24.6 Å². The molecule has 0 unspecified atom stereocenters. The van der Waals surface area contributed by atoms with Gasteiger partial charge in [0, 0.05) is 22.8 Å². The van der Waals surface area contributed by atoms with E-state index in [4.69, 9.17) is 14.2 Å². The Bertz CT molecular complexity index is 982. The zero-order valence-electron chi connectivity index (χ0n) is 14.7. The number of anilines is 1. The molecule has 1 aliphatic rings. The number of methoxy groups -OCH3 is 3. The molecule has 2 aromatic carbocycles. The summed E-state index contributed by atoms with van der Waals surface area (Å²) in [6, 6.07) is 5.74. The van der Waals surface area contributed by atoms with E-state index in [2.05, 4.69) is 5.32 Å². The second-order valence-corrected chi connectivity index (χ2v) is 5.61. The fraction of sp³-hybridized carbons (Fsp3) is 0.167. The minimum absolute atomic E-state index is 0.0776. The number of phenolic OH excluding ortho intramolecular Hbond substituents is 1. The van der Waals surface area contributed by atoms with E-state index in [1.54, 1.807) is 12.1 Å². The summed E-state index contributed by atoms with van der Waals surface area (Å²) in [5.74, 6) is 0.0506. The maximum absolute atomic E-state index is 12.4. The number of nitrogens with one attached hydrogen (secondary N) is 1. The second-order valence-electron chi connectivity index (χ2n) is 5.61. The molecule has 3 rings (SSSR count). The summed E-state index contributed by atoms with van der Waals surface area (Å²) in [5.41, 5.74) is 0.785. The van der Waals surface area contributed by atoms with E-state index in [0.29, 0.717) is 22.7 Å². The summed E-state index contributed by atoms with van der Waals surface area (Å²) in [5, 5.41) is 24.1. The van der Waals surface area contributed by atoms with Gasteiger partial charge in [-0.25, -0.2) is 0 Å². The Labute approximate surface area is 153 Å². The lowest BCUT2D eigenvalue weighted by Gasteiger charge is -2.10. The van der Waals surface area contributed by atoms with Crippen LogP contribution in [0.1, 0.15) is 11.1 Å². The van der Waals surface area contributed by atoms with E-state index in [1.807, 2.05) is 0 Å². The Morgan fingerprint density at radius 1 is 1.07 bits per heavy atom. The maximum Gasteiger partial charge on any atom is 0.315 e. The topological polar surface area (TPSA) is 120 Å². The van der Waals surface area contributed by atoms with Crippen molar-refractivity contribution in [1.82, 2.24) is 0 Å². The van der Waals surface area contributed by atoms with Crippen LogP contribution in [0.3, 0.4) is 0 Å². The number of ether oxygens (including phenoxy) is 3. The quantitative estimate of drug-likeness (QED) is 0.470. The highest BCUT2D eigenvalue weighted by atomic mass is 16.6. The first-order chi connectivity index (χ1) is 12.9. The van der Waals surface area contributed by atoms with Gasteiger partial charge in [0.1, 0.15) is 5.75 Å². The highest BCUT2D eigenvalue weighted by Crippen LogP contribution is 2.43. The number of carbonyl (C=O) groups is 1. The fourth-order valence-electron chi connectivity index (χ4n) is 2.80. The average molecular weight is 372 g/mol. The average Bonchev–Trinajstić information content (AvgIpc) is 2.96. The summed E-state index contributed by atoms with van der Waals surface area (Å²) in [6.45, 7) is 0. The van der Waals surface area contributed by atoms with Crippen LogP contribution in [-0.4, -0.2) is 37.3 Å². The molecule has 9 nitrogen and oxygen atoms in total. The standard InChI is InChI=1S/C18H16N2O7/c1-25-10-4-9(17(21)14(6-10)20(23)24)5-12-11-7-15(26-2)16(27-3)8-13(11)19-18(12)22/h4-8,21H,1-3H3,(H,19,22)/b12-5-. The Morgan fingerprint density at radius 2 is 1.74 bits per heavy atom. The molecule has 1 amide bonds. The molecule has 0 radical (unpaired) electrons. The van der Waals surface area contributed by atoms with Crippen molar-refractivity contribution < 1.29 is 29.0 Å². The molecule has 2 N–H and O–H groups in total. The van der Waals surface area contributed by atoms with Gasteiger partial charge in [-0.3, -0.25) is 14.9 Å². The molecular weight excluding hydrogens is 356 g/mol. The van der Waals surface area contributed by atoms with Crippen molar-refractivity contribution in [1.29, 1.82) is 0 Å². The van der Waals surface area contributed by atoms with Crippen LogP contribution in [0, 0.1) is 10.1 Å². The molecule has 0 spiro atoms. The van der Waals surface area contributed by atoms with Gasteiger partial charge in [-0.2, -0.15) is 0 Å². The molecule has 0 fully saturated rings. The smallest absolute Gasteiger partial charge is 0.315 e. The predicted molar refractivity (Wildman–Crippen MR) is 97.4 cm³/mol. The first-order valence-electron chi connectivity index (χ1n) is 7.74. The number of benzene rings is 2. The summed E-state index contributed by atoms with van der Waals surface area (Å²) in [7, 11) is 4.29. The number of nitrogens with zero attached hydrogens (tertiary/aromatic N) is 1. The van der Waals surface area contributed by atoms with E-state index in [9.17, 15) is 20.0 Å². The largest absolute Gasteiger partial charge is 0.502 e. The molecule has 1 aliphatic heterocycles. The van der Waals surface area contributed by atoms with Crippen LogP contribution in [0.4, 0.5) is 11.4 Å². The van der Waals surface area contributed by atoms with Crippen molar-refractivity contribution >= 4 is 28.9 Å². The van der Waals surface area contributed by atoms with Gasteiger partial charge in [-0.1, -0.05) is 0 Å². The molecule has 0 aliphatic carbocycles. The SMILES string of the molecule is COc1cc(/C=C2\C(=O)Nc3cc(OC)c(OC)cc32)c(O)c([N+](=O)[O-])c1. The number of nitro benzene ring substituents is 1. The van der Waals surface area contributed by atoms with Crippen LogP contribution in [0.15, 0.2) is 24.3 Å². The molecular formula is C18H16N2O7. The van der Waals surface area contributed by atoms with Crippen LogP contribution in [0.5, 0.6) is 23.0 Å². The lowest BCUT2D eigenvalue weighted by atomic mass is 10.0. The Hall–Kier alpha value is -3.75. The normalized spacial score (nSPS) is 13.9. The van der Waals surface area contributed by atoms with Crippen molar-refractivity contribution in [2.24, 2.45) is 0 Å². The molecule has 0 saturated heterocycles. The number of aromatic hydroxyl groups is 1. The number of hydrogen-bond donors (Lipinski definition) is 2. The van der Waals surface area contributed by atoms with E-state index in [0.717, 1.165) is 6.07 Å². The van der Waals surface area contributed by atoms with Crippen molar-refractivity contribution in [2.45, 2.75) is 0 Å². The molecule has 1 heterocycles. The van der Waals surface area contributed by atoms with Gasteiger partial charge in [0.15, 0.2) is 11.5 Å². The third-order valence-electron chi connectivity index (χ3n) is 4.13. The van der Waals surface area contributed by atoms with Crippen molar-refractivity contribution in [2.75, 3.05) is 26.6 Å². The number of rotatable bonds is 5. The second kappa shape index (κ2) is 6.87. The minimum Gasteiger partial charge on any atom is -0.502 e. The van der Waals surface area contributed by atoms with Gasteiger partial charge in [-0.05, 0) is 18.2 Å². The minimum atomic E-state index is -0.726. The van der Waals surface area contributed by atoms with E-state index in [-0.39, 0.29) is 16.9 Å². The fourth-order valence-corrected chi connectivity index (χ4v) is 2.80. The molecule has 2 aromatic rings. The summed E-state index contributed by atoms with van der Waals surface area (Å²) >= 11 is 0. The van der Waals surface area contributed by atoms with Gasteiger partial charge >= 0.3 is 5.69 Å². The first-order valence-corrected chi connectivity index (χ1v) is 7.74. The number of fused-ring (bicyclic) bond motifs is 1. The first kappa shape index (κ1) is 18.1. The van der Waals surface area contributed by atoms with Crippen LogP contribution in [0.25, 0.3) is 11.6 Å². The number of hydrogen-bond acceptors (Lipinski definition) is 7. The van der Waals surface area contributed by atoms with Gasteiger partial charge in [0.2, 0.25) is 5.75 Å². The Morgan fingerprint density at radius 3 is 2.33 bits per heavy atom.